The Bertz CT molecular complexity index is 628. The van der Waals surface area contributed by atoms with Crippen molar-refractivity contribution in [3.8, 4) is 0 Å². The van der Waals surface area contributed by atoms with Crippen molar-refractivity contribution in [2.45, 2.75) is 40.7 Å². The number of nitrogens with zero attached hydrogens (tertiary/aromatic N) is 3. The summed E-state index contributed by atoms with van der Waals surface area (Å²) in [7, 11) is 0. The Balaban J connectivity index is 1.97. The Kier molecular flexibility index (Phi) is 2.68. The van der Waals surface area contributed by atoms with E-state index in [1.54, 1.807) is 6.20 Å². The molecule has 0 spiro atoms. The third-order valence-corrected chi connectivity index (χ3v) is 4.95. The molecule has 0 saturated heterocycles. The normalized spacial score (nSPS) is 20.1. The van der Waals surface area contributed by atoms with Crippen LogP contribution in [-0.2, 0) is 0 Å². The number of nitrogens with one attached hydrogen (secondary N) is 3. The second-order valence-electron chi connectivity index (χ2n) is 6.58. The number of hydrogen-bond donors (Lipinski definition) is 3. The van der Waals surface area contributed by atoms with E-state index in [9.17, 15) is 0 Å². The average molecular weight is 274 g/mol. The van der Waals surface area contributed by atoms with E-state index in [4.69, 9.17) is 0 Å². The highest BCUT2D eigenvalue weighted by molar-refractivity contribution is 5.87. The van der Waals surface area contributed by atoms with Gasteiger partial charge in [-0.2, -0.15) is 15.1 Å². The van der Waals surface area contributed by atoms with Gasteiger partial charge in [0, 0.05) is 12.6 Å². The van der Waals surface area contributed by atoms with Crippen molar-refractivity contribution in [2.24, 2.45) is 10.8 Å². The summed E-state index contributed by atoms with van der Waals surface area (Å²) in [6.07, 6.45) is 1.77. The maximum absolute atomic E-state index is 4.58. The molecule has 1 saturated carbocycles. The SMILES string of the molecule is CCNc1nc(NC2C(C)(C)C2(C)C)c2cn[nH]c2n1. The minimum absolute atomic E-state index is 0.256. The summed E-state index contributed by atoms with van der Waals surface area (Å²) in [4.78, 5) is 8.99. The third kappa shape index (κ3) is 1.74. The van der Waals surface area contributed by atoms with Crippen molar-refractivity contribution in [3.63, 3.8) is 0 Å². The van der Waals surface area contributed by atoms with E-state index in [0.29, 0.717) is 12.0 Å². The summed E-state index contributed by atoms with van der Waals surface area (Å²) in [5.74, 6) is 1.48. The van der Waals surface area contributed by atoms with Crippen LogP contribution in [0.1, 0.15) is 34.6 Å². The van der Waals surface area contributed by atoms with E-state index in [2.05, 4.69) is 58.5 Å². The van der Waals surface area contributed by atoms with Crippen molar-refractivity contribution < 1.29 is 0 Å². The molecule has 2 heterocycles. The van der Waals surface area contributed by atoms with E-state index >= 15 is 0 Å². The van der Waals surface area contributed by atoms with Crippen molar-refractivity contribution >= 4 is 22.8 Å². The van der Waals surface area contributed by atoms with Crippen LogP contribution >= 0.6 is 0 Å². The van der Waals surface area contributed by atoms with Crippen LogP contribution in [0, 0.1) is 10.8 Å². The molecule has 0 atom stereocenters. The number of H-pyrrole nitrogens is 1. The molecule has 6 nitrogen and oxygen atoms in total. The Labute approximate surface area is 118 Å². The molecule has 0 amide bonds. The van der Waals surface area contributed by atoms with Crippen LogP contribution in [-0.4, -0.2) is 32.8 Å². The molecule has 108 valence electrons. The predicted octanol–water partition coefficient (Wildman–Crippen LogP) is 2.63. The number of fused-ring (bicyclic) bond motifs is 1. The fourth-order valence-electron chi connectivity index (χ4n) is 2.88. The van der Waals surface area contributed by atoms with Crippen molar-refractivity contribution in [1.82, 2.24) is 20.2 Å². The fraction of sp³-hybridized carbons (Fsp3) is 0.643. The predicted molar refractivity (Wildman–Crippen MR) is 80.8 cm³/mol. The molecule has 1 aliphatic carbocycles. The van der Waals surface area contributed by atoms with Crippen molar-refractivity contribution in [3.05, 3.63) is 6.20 Å². The van der Waals surface area contributed by atoms with E-state index in [0.717, 1.165) is 23.4 Å². The van der Waals surface area contributed by atoms with Crippen LogP contribution in [0.15, 0.2) is 6.20 Å². The topological polar surface area (TPSA) is 78.5 Å². The van der Waals surface area contributed by atoms with Gasteiger partial charge in [-0.1, -0.05) is 27.7 Å². The smallest absolute Gasteiger partial charge is 0.226 e. The average Bonchev–Trinajstić information content (AvgIpc) is 2.75. The molecule has 1 aliphatic rings. The lowest BCUT2D eigenvalue weighted by Crippen LogP contribution is -2.13. The molecule has 0 radical (unpaired) electrons. The van der Waals surface area contributed by atoms with Gasteiger partial charge in [0.25, 0.3) is 0 Å². The molecular weight excluding hydrogens is 252 g/mol. The van der Waals surface area contributed by atoms with Gasteiger partial charge in [-0.3, -0.25) is 5.10 Å². The first-order chi connectivity index (χ1) is 9.38. The van der Waals surface area contributed by atoms with Gasteiger partial charge >= 0.3 is 0 Å². The zero-order chi connectivity index (χ0) is 14.5. The molecule has 20 heavy (non-hydrogen) atoms. The van der Waals surface area contributed by atoms with E-state index in [-0.39, 0.29) is 10.8 Å². The van der Waals surface area contributed by atoms with Gasteiger partial charge in [0.05, 0.1) is 11.6 Å². The van der Waals surface area contributed by atoms with Crippen LogP contribution in [0.3, 0.4) is 0 Å². The molecule has 0 aliphatic heterocycles. The number of aromatic amines is 1. The van der Waals surface area contributed by atoms with Crippen LogP contribution in [0.4, 0.5) is 11.8 Å². The molecule has 2 aromatic heterocycles. The van der Waals surface area contributed by atoms with Gasteiger partial charge in [0.15, 0.2) is 5.65 Å². The third-order valence-electron chi connectivity index (χ3n) is 4.95. The summed E-state index contributed by atoms with van der Waals surface area (Å²) in [5, 5.41) is 14.6. The Morgan fingerprint density at radius 2 is 1.90 bits per heavy atom. The molecule has 3 N–H and O–H groups in total. The van der Waals surface area contributed by atoms with Gasteiger partial charge in [-0.05, 0) is 17.8 Å². The van der Waals surface area contributed by atoms with Crippen LogP contribution < -0.4 is 10.6 Å². The van der Waals surface area contributed by atoms with E-state index < -0.39 is 0 Å². The Hall–Kier alpha value is -1.85. The maximum atomic E-state index is 4.58. The lowest BCUT2D eigenvalue weighted by molar-refractivity contribution is 0.457. The van der Waals surface area contributed by atoms with Gasteiger partial charge in [-0.15, -0.1) is 0 Å². The first-order valence-electron chi connectivity index (χ1n) is 7.09. The summed E-state index contributed by atoms with van der Waals surface area (Å²) in [5.41, 5.74) is 1.27. The highest BCUT2D eigenvalue weighted by Crippen LogP contribution is 2.63. The van der Waals surface area contributed by atoms with Crippen LogP contribution in [0.2, 0.25) is 0 Å². The monoisotopic (exact) mass is 274 g/mol. The quantitative estimate of drug-likeness (QED) is 0.798. The summed E-state index contributed by atoms with van der Waals surface area (Å²) >= 11 is 0. The number of aromatic nitrogens is 4. The lowest BCUT2D eigenvalue weighted by atomic mass is 10.0. The zero-order valence-corrected chi connectivity index (χ0v) is 12.7. The van der Waals surface area contributed by atoms with E-state index in [1.165, 1.54) is 0 Å². The minimum Gasteiger partial charge on any atom is -0.365 e. The summed E-state index contributed by atoms with van der Waals surface area (Å²) in [6.45, 7) is 11.9. The molecular formula is C14H22N6. The van der Waals surface area contributed by atoms with Gasteiger partial charge in [0.1, 0.15) is 5.82 Å². The largest absolute Gasteiger partial charge is 0.365 e. The fourth-order valence-corrected chi connectivity index (χ4v) is 2.88. The van der Waals surface area contributed by atoms with Gasteiger partial charge in [0.2, 0.25) is 5.95 Å². The van der Waals surface area contributed by atoms with Crippen molar-refractivity contribution in [2.75, 3.05) is 17.2 Å². The minimum atomic E-state index is 0.256. The van der Waals surface area contributed by atoms with Gasteiger partial charge < -0.3 is 10.6 Å². The Morgan fingerprint density at radius 1 is 1.20 bits per heavy atom. The second kappa shape index (κ2) is 4.07. The molecule has 0 unspecified atom stereocenters. The number of rotatable bonds is 4. The van der Waals surface area contributed by atoms with Crippen LogP contribution in [0.5, 0.6) is 0 Å². The van der Waals surface area contributed by atoms with Crippen LogP contribution in [0.25, 0.3) is 11.0 Å². The molecule has 2 aromatic rings. The second-order valence-corrected chi connectivity index (χ2v) is 6.58. The highest BCUT2D eigenvalue weighted by Gasteiger charge is 2.65. The summed E-state index contributed by atoms with van der Waals surface area (Å²) in [6, 6.07) is 0.400. The molecule has 0 aromatic carbocycles. The molecule has 1 fully saturated rings. The zero-order valence-electron chi connectivity index (χ0n) is 12.7. The maximum Gasteiger partial charge on any atom is 0.226 e. The lowest BCUT2D eigenvalue weighted by Gasteiger charge is -2.10. The highest BCUT2D eigenvalue weighted by atomic mass is 15.2. The summed E-state index contributed by atoms with van der Waals surface area (Å²) < 4.78 is 0. The number of hydrogen-bond acceptors (Lipinski definition) is 5. The first kappa shape index (κ1) is 13.1. The Morgan fingerprint density at radius 3 is 2.50 bits per heavy atom. The van der Waals surface area contributed by atoms with Crippen molar-refractivity contribution in [1.29, 1.82) is 0 Å². The molecule has 0 bridgehead atoms. The van der Waals surface area contributed by atoms with E-state index in [1.807, 2.05) is 6.92 Å². The molecule has 6 heteroatoms. The number of anilines is 2. The first-order valence-corrected chi connectivity index (χ1v) is 7.09. The standard InChI is InChI=1S/C14H22N6/c1-6-15-12-18-9(8-7-16-20-10(8)19-12)17-11-13(2,3)14(11,4)5/h7,11H,6H2,1-5H3,(H3,15,16,17,18,19,20). The van der Waals surface area contributed by atoms with Gasteiger partial charge in [-0.25, -0.2) is 0 Å². The molecule has 3 rings (SSSR count).